The highest BCUT2D eigenvalue weighted by atomic mass is 35.5. The number of hydrogen-bond acceptors (Lipinski definition) is 5. The maximum absolute atomic E-state index is 5.99. The van der Waals surface area contributed by atoms with Crippen LogP contribution in [-0.4, -0.2) is 30.2 Å². The highest BCUT2D eigenvalue weighted by Gasteiger charge is 2.32. The molecule has 0 amide bonds. The van der Waals surface area contributed by atoms with Crippen molar-refractivity contribution in [3.05, 3.63) is 41.3 Å². The molecule has 1 aliphatic rings. The molecule has 1 aromatic carbocycles. The first kappa shape index (κ1) is 16.8. The number of aromatic nitrogens is 2. The molecule has 0 unspecified atom stereocenters. The van der Waals surface area contributed by atoms with Gasteiger partial charge in [0.1, 0.15) is 12.4 Å². The molecule has 128 valence electrons. The second kappa shape index (κ2) is 7.26. The van der Waals surface area contributed by atoms with Crippen molar-refractivity contribution in [2.24, 2.45) is 5.92 Å². The molecule has 2 aromatic rings. The lowest BCUT2D eigenvalue weighted by Gasteiger charge is -2.27. The van der Waals surface area contributed by atoms with E-state index < -0.39 is 0 Å². The van der Waals surface area contributed by atoms with Crippen LogP contribution in [0.2, 0.25) is 5.28 Å². The van der Waals surface area contributed by atoms with Gasteiger partial charge in [0, 0.05) is 13.1 Å². The number of anilines is 1. The third kappa shape index (κ3) is 3.90. The van der Waals surface area contributed by atoms with Crippen LogP contribution in [-0.2, 0) is 6.61 Å². The fourth-order valence-corrected chi connectivity index (χ4v) is 2.79. The van der Waals surface area contributed by atoms with Crippen LogP contribution in [0.4, 0.5) is 5.82 Å². The minimum Gasteiger partial charge on any atom is -0.497 e. The number of hydrogen-bond donors (Lipinski definition) is 0. The first-order valence-electron chi connectivity index (χ1n) is 8.09. The zero-order chi connectivity index (χ0) is 17.1. The van der Waals surface area contributed by atoms with Gasteiger partial charge in [0.25, 0.3) is 0 Å². The quantitative estimate of drug-likeness (QED) is 0.710. The minimum absolute atomic E-state index is 0.233. The lowest BCUT2D eigenvalue weighted by atomic mass is 10.2. The van der Waals surface area contributed by atoms with E-state index in [1.54, 1.807) is 13.3 Å². The van der Waals surface area contributed by atoms with E-state index in [1.165, 1.54) is 12.8 Å². The first-order chi connectivity index (χ1) is 11.6. The van der Waals surface area contributed by atoms with E-state index in [1.807, 2.05) is 31.3 Å². The summed E-state index contributed by atoms with van der Waals surface area (Å²) in [5, 5.41) is 0.233. The van der Waals surface area contributed by atoms with Gasteiger partial charge in [0.05, 0.1) is 13.3 Å². The van der Waals surface area contributed by atoms with Crippen LogP contribution < -0.4 is 14.4 Å². The van der Waals surface area contributed by atoms with Crippen LogP contribution in [0.1, 0.15) is 25.3 Å². The summed E-state index contributed by atoms with van der Waals surface area (Å²) < 4.78 is 11.1. The molecule has 24 heavy (non-hydrogen) atoms. The van der Waals surface area contributed by atoms with Gasteiger partial charge in [0.2, 0.25) is 5.28 Å². The lowest BCUT2D eigenvalue weighted by Crippen LogP contribution is -2.31. The Bertz CT molecular complexity index is 689. The molecule has 1 aliphatic carbocycles. The summed E-state index contributed by atoms with van der Waals surface area (Å²) >= 11 is 5.99. The van der Waals surface area contributed by atoms with Gasteiger partial charge >= 0.3 is 0 Å². The van der Waals surface area contributed by atoms with Gasteiger partial charge in [-0.2, -0.15) is 4.98 Å². The Morgan fingerprint density at radius 3 is 2.62 bits per heavy atom. The maximum atomic E-state index is 5.99. The van der Waals surface area contributed by atoms with Gasteiger partial charge in [-0.3, -0.25) is 0 Å². The minimum atomic E-state index is 0.233. The van der Waals surface area contributed by atoms with Gasteiger partial charge in [-0.15, -0.1) is 0 Å². The SMILES string of the molecule is COc1ccc(COc2cnc(Cl)nc2N(C)[C@H](C)C2CC2)cc1. The monoisotopic (exact) mass is 347 g/mol. The van der Waals surface area contributed by atoms with Crippen molar-refractivity contribution in [2.45, 2.75) is 32.4 Å². The topological polar surface area (TPSA) is 47.5 Å². The predicted molar refractivity (Wildman–Crippen MR) is 95.0 cm³/mol. The zero-order valence-corrected chi connectivity index (χ0v) is 15.0. The van der Waals surface area contributed by atoms with Gasteiger partial charge in [0.15, 0.2) is 11.6 Å². The Kier molecular flexibility index (Phi) is 5.09. The second-order valence-electron chi connectivity index (χ2n) is 6.15. The zero-order valence-electron chi connectivity index (χ0n) is 14.2. The normalized spacial score (nSPS) is 15.0. The predicted octanol–water partition coefficient (Wildman–Crippen LogP) is 3.95. The van der Waals surface area contributed by atoms with E-state index in [0.29, 0.717) is 18.4 Å². The van der Waals surface area contributed by atoms with Crippen molar-refractivity contribution in [3.8, 4) is 11.5 Å². The van der Waals surface area contributed by atoms with Crippen molar-refractivity contribution in [1.29, 1.82) is 0 Å². The molecule has 1 fully saturated rings. The van der Waals surface area contributed by atoms with E-state index in [-0.39, 0.29) is 5.28 Å². The largest absolute Gasteiger partial charge is 0.497 e. The van der Waals surface area contributed by atoms with E-state index in [0.717, 1.165) is 23.0 Å². The third-order valence-electron chi connectivity index (χ3n) is 4.51. The first-order valence-corrected chi connectivity index (χ1v) is 8.47. The molecule has 1 atom stereocenters. The molecule has 0 radical (unpaired) electrons. The number of rotatable bonds is 7. The van der Waals surface area contributed by atoms with Crippen molar-refractivity contribution in [3.63, 3.8) is 0 Å². The molecule has 1 saturated carbocycles. The molecular weight excluding hydrogens is 326 g/mol. The summed E-state index contributed by atoms with van der Waals surface area (Å²) in [7, 11) is 3.68. The van der Waals surface area contributed by atoms with Gasteiger partial charge < -0.3 is 14.4 Å². The molecule has 0 aliphatic heterocycles. The van der Waals surface area contributed by atoms with E-state index >= 15 is 0 Å². The van der Waals surface area contributed by atoms with Crippen LogP contribution in [0.15, 0.2) is 30.5 Å². The van der Waals surface area contributed by atoms with Gasteiger partial charge in [-0.25, -0.2) is 4.98 Å². The fourth-order valence-electron chi connectivity index (χ4n) is 2.67. The molecule has 6 heteroatoms. The molecule has 3 rings (SSSR count). The fraction of sp³-hybridized carbons (Fsp3) is 0.444. The number of nitrogens with zero attached hydrogens (tertiary/aromatic N) is 3. The highest BCUT2D eigenvalue weighted by Crippen LogP contribution is 2.38. The van der Waals surface area contributed by atoms with E-state index in [9.17, 15) is 0 Å². The summed E-state index contributed by atoms with van der Waals surface area (Å²) in [5.41, 5.74) is 1.05. The van der Waals surface area contributed by atoms with Crippen LogP contribution in [0.5, 0.6) is 11.5 Å². The van der Waals surface area contributed by atoms with Gasteiger partial charge in [-0.1, -0.05) is 12.1 Å². The van der Waals surface area contributed by atoms with Gasteiger partial charge in [-0.05, 0) is 55.0 Å². The molecule has 5 nitrogen and oxygen atoms in total. The molecule has 0 saturated heterocycles. The van der Waals surface area contributed by atoms with Crippen LogP contribution in [0, 0.1) is 5.92 Å². The number of halogens is 1. The third-order valence-corrected chi connectivity index (χ3v) is 4.69. The van der Waals surface area contributed by atoms with E-state index in [2.05, 4.69) is 21.8 Å². The van der Waals surface area contributed by atoms with Crippen LogP contribution in [0.3, 0.4) is 0 Å². The molecule has 0 N–H and O–H groups in total. The highest BCUT2D eigenvalue weighted by molar-refractivity contribution is 6.28. The Balaban J connectivity index is 1.74. The average Bonchev–Trinajstić information content (AvgIpc) is 3.45. The Hall–Kier alpha value is -2.01. The van der Waals surface area contributed by atoms with Crippen LogP contribution in [0.25, 0.3) is 0 Å². The lowest BCUT2D eigenvalue weighted by molar-refractivity contribution is 0.303. The summed E-state index contributed by atoms with van der Waals surface area (Å²) in [4.78, 5) is 10.6. The number of benzene rings is 1. The maximum Gasteiger partial charge on any atom is 0.224 e. The van der Waals surface area contributed by atoms with Crippen molar-refractivity contribution in [2.75, 3.05) is 19.1 Å². The standard InChI is InChI=1S/C18H22ClN3O2/c1-12(14-6-7-14)22(2)17-16(10-20-18(19)21-17)24-11-13-4-8-15(23-3)9-5-13/h4-5,8-10,12,14H,6-7,11H2,1-3H3/t12-/m1/s1. The van der Waals surface area contributed by atoms with E-state index in [4.69, 9.17) is 21.1 Å². The molecule has 0 bridgehead atoms. The average molecular weight is 348 g/mol. The summed E-state index contributed by atoms with van der Waals surface area (Å²) in [6, 6.07) is 8.19. The smallest absolute Gasteiger partial charge is 0.224 e. The molecule has 0 spiro atoms. The Morgan fingerprint density at radius 2 is 2.00 bits per heavy atom. The summed E-state index contributed by atoms with van der Waals surface area (Å²) in [5.74, 6) is 2.93. The second-order valence-corrected chi connectivity index (χ2v) is 6.49. The molecular formula is C18H22ClN3O2. The van der Waals surface area contributed by atoms with Crippen molar-refractivity contribution >= 4 is 17.4 Å². The Labute approximate surface area is 147 Å². The van der Waals surface area contributed by atoms with Crippen molar-refractivity contribution in [1.82, 2.24) is 9.97 Å². The summed E-state index contributed by atoms with van der Waals surface area (Å²) in [6.07, 6.45) is 4.18. The number of methoxy groups -OCH3 is 1. The molecule has 1 heterocycles. The van der Waals surface area contributed by atoms with Crippen molar-refractivity contribution < 1.29 is 9.47 Å². The van der Waals surface area contributed by atoms with Crippen LogP contribution >= 0.6 is 11.6 Å². The molecule has 1 aromatic heterocycles. The summed E-state index contributed by atoms with van der Waals surface area (Å²) in [6.45, 7) is 2.65. The number of ether oxygens (including phenoxy) is 2. The Morgan fingerprint density at radius 1 is 1.29 bits per heavy atom.